The molecule has 1 atom stereocenters. The zero-order valence-corrected chi connectivity index (χ0v) is 12.3. The van der Waals surface area contributed by atoms with Crippen LogP contribution in [-0.2, 0) is 6.54 Å². The second-order valence-electron chi connectivity index (χ2n) is 5.44. The summed E-state index contributed by atoms with van der Waals surface area (Å²) in [5.74, 6) is 0. The van der Waals surface area contributed by atoms with E-state index < -0.39 is 0 Å². The molecule has 2 rings (SSSR count). The van der Waals surface area contributed by atoms with Gasteiger partial charge in [-0.15, -0.1) is 0 Å². The fourth-order valence-electron chi connectivity index (χ4n) is 2.28. The molecule has 0 spiro atoms. The molecular formula is C18H23N. The summed E-state index contributed by atoms with van der Waals surface area (Å²) in [5.41, 5.74) is 6.72. The van der Waals surface area contributed by atoms with E-state index in [9.17, 15) is 0 Å². The molecule has 2 aromatic carbocycles. The lowest BCUT2D eigenvalue weighted by atomic mass is 10.0. The quantitative estimate of drug-likeness (QED) is 0.848. The molecule has 0 bridgehead atoms. The van der Waals surface area contributed by atoms with Crippen molar-refractivity contribution in [2.45, 2.75) is 40.3 Å². The minimum atomic E-state index is 0.376. The van der Waals surface area contributed by atoms with Gasteiger partial charge in [-0.1, -0.05) is 53.6 Å². The van der Waals surface area contributed by atoms with E-state index in [0.717, 1.165) is 6.54 Å². The molecule has 0 saturated heterocycles. The molecule has 0 aliphatic carbocycles. The Morgan fingerprint density at radius 2 is 1.53 bits per heavy atom. The highest BCUT2D eigenvalue weighted by atomic mass is 14.9. The van der Waals surface area contributed by atoms with Gasteiger partial charge in [0.2, 0.25) is 0 Å². The average Bonchev–Trinajstić information content (AvgIpc) is 2.38. The van der Waals surface area contributed by atoms with Crippen LogP contribution in [0.15, 0.2) is 42.5 Å². The molecule has 0 fully saturated rings. The van der Waals surface area contributed by atoms with E-state index in [0.29, 0.717) is 6.04 Å². The monoisotopic (exact) mass is 253 g/mol. The average molecular weight is 253 g/mol. The minimum Gasteiger partial charge on any atom is -0.306 e. The molecule has 1 nitrogen and oxygen atoms in total. The van der Waals surface area contributed by atoms with Crippen molar-refractivity contribution in [3.8, 4) is 0 Å². The van der Waals surface area contributed by atoms with E-state index in [1.54, 1.807) is 0 Å². The summed E-state index contributed by atoms with van der Waals surface area (Å²) < 4.78 is 0. The highest BCUT2D eigenvalue weighted by molar-refractivity contribution is 5.30. The lowest BCUT2D eigenvalue weighted by Crippen LogP contribution is -2.18. The van der Waals surface area contributed by atoms with Crippen LogP contribution >= 0.6 is 0 Å². The van der Waals surface area contributed by atoms with Gasteiger partial charge in [0, 0.05) is 12.6 Å². The van der Waals surface area contributed by atoms with Crippen molar-refractivity contribution >= 4 is 0 Å². The van der Waals surface area contributed by atoms with Crippen molar-refractivity contribution in [3.63, 3.8) is 0 Å². The Hall–Kier alpha value is -1.60. The van der Waals surface area contributed by atoms with Crippen molar-refractivity contribution in [1.29, 1.82) is 0 Å². The third kappa shape index (κ3) is 3.68. The second-order valence-corrected chi connectivity index (χ2v) is 5.44. The normalized spacial score (nSPS) is 12.4. The van der Waals surface area contributed by atoms with Gasteiger partial charge in [-0.25, -0.2) is 0 Å². The zero-order chi connectivity index (χ0) is 13.8. The summed E-state index contributed by atoms with van der Waals surface area (Å²) in [5, 5.41) is 3.59. The van der Waals surface area contributed by atoms with Gasteiger partial charge in [-0.05, 0) is 44.4 Å². The Balaban J connectivity index is 2.00. The van der Waals surface area contributed by atoms with Crippen LogP contribution < -0.4 is 5.32 Å². The first-order chi connectivity index (χ1) is 9.06. The Morgan fingerprint density at radius 1 is 0.895 bits per heavy atom. The van der Waals surface area contributed by atoms with Crippen LogP contribution in [0.2, 0.25) is 0 Å². The molecule has 0 aliphatic rings. The van der Waals surface area contributed by atoms with Crippen molar-refractivity contribution in [1.82, 2.24) is 5.32 Å². The van der Waals surface area contributed by atoms with E-state index in [1.807, 2.05) is 0 Å². The van der Waals surface area contributed by atoms with Crippen molar-refractivity contribution < 1.29 is 0 Å². The molecule has 1 N–H and O–H groups in total. The van der Waals surface area contributed by atoms with Gasteiger partial charge in [-0.3, -0.25) is 0 Å². The van der Waals surface area contributed by atoms with Crippen LogP contribution in [-0.4, -0.2) is 0 Å². The van der Waals surface area contributed by atoms with Crippen LogP contribution in [0, 0.1) is 20.8 Å². The van der Waals surface area contributed by atoms with Gasteiger partial charge in [0.25, 0.3) is 0 Å². The number of nitrogens with one attached hydrogen (secondary N) is 1. The van der Waals surface area contributed by atoms with E-state index >= 15 is 0 Å². The molecule has 0 radical (unpaired) electrons. The predicted molar refractivity (Wildman–Crippen MR) is 82.3 cm³/mol. The smallest absolute Gasteiger partial charge is 0.0294 e. The molecule has 1 unspecified atom stereocenters. The standard InChI is InChI=1S/C18H23N/c1-13-5-8-17(9-6-13)16(4)19-12-18-10-7-14(2)11-15(18)3/h5-11,16,19H,12H2,1-4H3. The van der Waals surface area contributed by atoms with Crippen LogP contribution in [0.25, 0.3) is 0 Å². The topological polar surface area (TPSA) is 12.0 Å². The summed E-state index contributed by atoms with van der Waals surface area (Å²) in [6, 6.07) is 15.8. The molecule has 2 aromatic rings. The summed E-state index contributed by atoms with van der Waals surface area (Å²) in [4.78, 5) is 0. The van der Waals surface area contributed by atoms with E-state index in [4.69, 9.17) is 0 Å². The third-order valence-electron chi connectivity index (χ3n) is 3.67. The summed E-state index contributed by atoms with van der Waals surface area (Å²) in [7, 11) is 0. The number of benzene rings is 2. The molecule has 0 saturated carbocycles. The summed E-state index contributed by atoms with van der Waals surface area (Å²) >= 11 is 0. The molecule has 0 heterocycles. The fourth-order valence-corrected chi connectivity index (χ4v) is 2.28. The van der Waals surface area contributed by atoms with Gasteiger partial charge >= 0.3 is 0 Å². The number of rotatable bonds is 4. The summed E-state index contributed by atoms with van der Waals surface area (Å²) in [6.45, 7) is 9.58. The number of hydrogen-bond acceptors (Lipinski definition) is 1. The molecule has 0 amide bonds. The number of aryl methyl sites for hydroxylation is 3. The Morgan fingerprint density at radius 3 is 2.16 bits per heavy atom. The minimum absolute atomic E-state index is 0.376. The maximum absolute atomic E-state index is 3.59. The van der Waals surface area contributed by atoms with Crippen molar-refractivity contribution in [3.05, 3.63) is 70.3 Å². The zero-order valence-electron chi connectivity index (χ0n) is 12.3. The molecule has 1 heteroatoms. The Bertz CT molecular complexity index is 540. The van der Waals surface area contributed by atoms with Crippen LogP contribution in [0.5, 0.6) is 0 Å². The van der Waals surface area contributed by atoms with Gasteiger partial charge in [0.15, 0.2) is 0 Å². The first kappa shape index (κ1) is 13.8. The van der Waals surface area contributed by atoms with Crippen LogP contribution in [0.4, 0.5) is 0 Å². The molecular weight excluding hydrogens is 230 g/mol. The fraction of sp³-hybridized carbons (Fsp3) is 0.333. The van der Waals surface area contributed by atoms with Gasteiger partial charge in [0.05, 0.1) is 0 Å². The molecule has 0 aliphatic heterocycles. The van der Waals surface area contributed by atoms with Crippen LogP contribution in [0.1, 0.15) is 40.8 Å². The first-order valence-electron chi connectivity index (χ1n) is 6.92. The largest absolute Gasteiger partial charge is 0.306 e. The second kappa shape index (κ2) is 6.03. The first-order valence-corrected chi connectivity index (χ1v) is 6.92. The van der Waals surface area contributed by atoms with Gasteiger partial charge in [-0.2, -0.15) is 0 Å². The molecule has 19 heavy (non-hydrogen) atoms. The van der Waals surface area contributed by atoms with E-state index in [-0.39, 0.29) is 0 Å². The SMILES string of the molecule is Cc1ccc(C(C)NCc2ccc(C)cc2C)cc1. The summed E-state index contributed by atoms with van der Waals surface area (Å²) in [6.07, 6.45) is 0. The maximum atomic E-state index is 3.59. The van der Waals surface area contributed by atoms with Gasteiger partial charge in [0.1, 0.15) is 0 Å². The lowest BCUT2D eigenvalue weighted by Gasteiger charge is -2.16. The van der Waals surface area contributed by atoms with E-state index in [2.05, 4.69) is 75.5 Å². The highest BCUT2D eigenvalue weighted by Crippen LogP contribution is 2.15. The predicted octanol–water partition coefficient (Wildman–Crippen LogP) is 4.46. The van der Waals surface area contributed by atoms with Crippen molar-refractivity contribution in [2.24, 2.45) is 0 Å². The van der Waals surface area contributed by atoms with Crippen LogP contribution in [0.3, 0.4) is 0 Å². The van der Waals surface area contributed by atoms with E-state index in [1.165, 1.54) is 27.8 Å². The third-order valence-corrected chi connectivity index (χ3v) is 3.67. The van der Waals surface area contributed by atoms with Gasteiger partial charge < -0.3 is 5.32 Å². The number of hydrogen-bond donors (Lipinski definition) is 1. The maximum Gasteiger partial charge on any atom is 0.0294 e. The Labute approximate surface area is 116 Å². The molecule has 100 valence electrons. The highest BCUT2D eigenvalue weighted by Gasteiger charge is 2.05. The lowest BCUT2D eigenvalue weighted by molar-refractivity contribution is 0.573. The Kier molecular flexibility index (Phi) is 4.39. The van der Waals surface area contributed by atoms with Crippen molar-refractivity contribution in [2.75, 3.05) is 0 Å². The molecule has 0 aromatic heterocycles.